The largest absolute Gasteiger partial charge is 0.351 e. The number of hydrogen-bond donors (Lipinski definition) is 2. The van der Waals surface area contributed by atoms with Crippen LogP contribution in [-0.4, -0.2) is 33.8 Å². The van der Waals surface area contributed by atoms with Gasteiger partial charge in [0.15, 0.2) is 0 Å². The van der Waals surface area contributed by atoms with Crippen LogP contribution in [-0.2, 0) is 4.79 Å². The molecule has 2 atom stereocenters. The Kier molecular flexibility index (Phi) is 4.29. The number of carbonyl (C=O) groups excluding carboxylic acids is 1. The molecule has 1 aromatic heterocycles. The highest BCUT2D eigenvalue weighted by molar-refractivity contribution is 5.80. The molecular weight excluding hydrogens is 264 g/mol. The van der Waals surface area contributed by atoms with Crippen LogP contribution in [0, 0.1) is 0 Å². The molecule has 3 rings (SSSR count). The third kappa shape index (κ3) is 3.28. The number of nitrogens with zero attached hydrogens (tertiary/aromatic N) is 2. The molecule has 1 aliphatic carbocycles. The first-order valence-corrected chi connectivity index (χ1v) is 8.23. The number of carbonyl (C=O) groups is 1. The molecule has 1 aliphatic heterocycles. The van der Waals surface area contributed by atoms with Gasteiger partial charge in [-0.2, -0.15) is 5.10 Å². The Balaban J connectivity index is 1.58. The molecule has 0 aromatic carbocycles. The lowest BCUT2D eigenvalue weighted by Gasteiger charge is -2.45. The van der Waals surface area contributed by atoms with E-state index in [4.69, 9.17) is 0 Å². The van der Waals surface area contributed by atoms with Crippen LogP contribution in [0.15, 0.2) is 18.5 Å². The molecule has 5 nitrogen and oxygen atoms in total. The second-order valence-electron chi connectivity index (χ2n) is 6.63. The van der Waals surface area contributed by atoms with E-state index in [1.165, 1.54) is 32.1 Å². The van der Waals surface area contributed by atoms with Crippen molar-refractivity contribution in [2.45, 2.75) is 69.5 Å². The summed E-state index contributed by atoms with van der Waals surface area (Å²) in [4.78, 5) is 12.4. The van der Waals surface area contributed by atoms with Crippen LogP contribution in [0.25, 0.3) is 0 Å². The number of amides is 1. The second-order valence-corrected chi connectivity index (χ2v) is 6.63. The van der Waals surface area contributed by atoms with E-state index in [-0.39, 0.29) is 17.5 Å². The predicted octanol–water partition coefficient (Wildman–Crippen LogP) is 2.02. The van der Waals surface area contributed by atoms with Gasteiger partial charge in [-0.05, 0) is 45.2 Å². The molecule has 2 aliphatic rings. The first-order valence-electron chi connectivity index (χ1n) is 8.23. The Labute approximate surface area is 126 Å². The van der Waals surface area contributed by atoms with Gasteiger partial charge in [0.05, 0.1) is 0 Å². The van der Waals surface area contributed by atoms with E-state index in [2.05, 4.69) is 15.7 Å². The zero-order chi connectivity index (χ0) is 14.7. The van der Waals surface area contributed by atoms with Crippen molar-refractivity contribution in [3.05, 3.63) is 18.5 Å². The van der Waals surface area contributed by atoms with Crippen molar-refractivity contribution in [2.75, 3.05) is 6.54 Å². The molecule has 5 heteroatoms. The lowest BCUT2D eigenvalue weighted by atomic mass is 9.75. The standard InChI is InChI=1S/C16H26N4O/c1-13(20-11-5-9-18-20)15(21)19-14-6-10-17-16(12-14)7-3-2-4-8-16/h5,9,11,13-14,17H,2-4,6-8,10,12H2,1H3,(H,19,21). The molecule has 1 spiro atoms. The van der Waals surface area contributed by atoms with E-state index in [0.29, 0.717) is 6.04 Å². The first kappa shape index (κ1) is 14.6. The topological polar surface area (TPSA) is 59.0 Å². The Bertz CT molecular complexity index is 459. The minimum atomic E-state index is -0.239. The van der Waals surface area contributed by atoms with Crippen molar-refractivity contribution < 1.29 is 4.79 Å². The van der Waals surface area contributed by atoms with Crippen LogP contribution < -0.4 is 10.6 Å². The third-order valence-corrected chi connectivity index (χ3v) is 5.09. The maximum absolute atomic E-state index is 12.4. The summed E-state index contributed by atoms with van der Waals surface area (Å²) < 4.78 is 1.72. The van der Waals surface area contributed by atoms with Gasteiger partial charge in [-0.3, -0.25) is 9.48 Å². The molecule has 21 heavy (non-hydrogen) atoms. The number of hydrogen-bond acceptors (Lipinski definition) is 3. The van der Waals surface area contributed by atoms with Crippen LogP contribution in [0.3, 0.4) is 0 Å². The van der Waals surface area contributed by atoms with Crippen molar-refractivity contribution >= 4 is 5.91 Å². The SMILES string of the molecule is CC(C(=O)NC1CCNC2(CCCCC2)C1)n1cccn1. The lowest BCUT2D eigenvalue weighted by Crippen LogP contribution is -2.57. The molecule has 0 bridgehead atoms. The van der Waals surface area contributed by atoms with Crippen molar-refractivity contribution in [3.8, 4) is 0 Å². The zero-order valence-electron chi connectivity index (χ0n) is 12.8. The van der Waals surface area contributed by atoms with Crippen LogP contribution in [0.5, 0.6) is 0 Å². The molecule has 1 amide bonds. The van der Waals surface area contributed by atoms with E-state index in [9.17, 15) is 4.79 Å². The van der Waals surface area contributed by atoms with Crippen molar-refractivity contribution in [1.29, 1.82) is 0 Å². The Hall–Kier alpha value is -1.36. The quantitative estimate of drug-likeness (QED) is 0.895. The molecular formula is C16H26N4O. The molecule has 1 aromatic rings. The minimum absolute atomic E-state index is 0.0801. The maximum atomic E-state index is 12.4. The van der Waals surface area contributed by atoms with E-state index in [1.54, 1.807) is 10.9 Å². The fraction of sp³-hybridized carbons (Fsp3) is 0.750. The summed E-state index contributed by atoms with van der Waals surface area (Å²) in [7, 11) is 0. The van der Waals surface area contributed by atoms with Crippen LogP contribution in [0.1, 0.15) is 57.9 Å². The van der Waals surface area contributed by atoms with Gasteiger partial charge in [0, 0.05) is 24.0 Å². The molecule has 116 valence electrons. The molecule has 1 saturated carbocycles. The predicted molar refractivity (Wildman–Crippen MR) is 81.9 cm³/mol. The molecule has 0 radical (unpaired) electrons. The van der Waals surface area contributed by atoms with Crippen LogP contribution in [0.2, 0.25) is 0 Å². The highest BCUT2D eigenvalue weighted by Crippen LogP contribution is 2.34. The van der Waals surface area contributed by atoms with Crippen LogP contribution >= 0.6 is 0 Å². The number of rotatable bonds is 3. The van der Waals surface area contributed by atoms with E-state index in [1.807, 2.05) is 19.2 Å². The zero-order valence-corrected chi connectivity index (χ0v) is 12.8. The fourth-order valence-corrected chi connectivity index (χ4v) is 3.84. The Morgan fingerprint density at radius 1 is 1.43 bits per heavy atom. The Morgan fingerprint density at radius 2 is 2.24 bits per heavy atom. The van der Waals surface area contributed by atoms with Crippen LogP contribution in [0.4, 0.5) is 0 Å². The average molecular weight is 290 g/mol. The van der Waals surface area contributed by atoms with Crippen molar-refractivity contribution in [1.82, 2.24) is 20.4 Å². The summed E-state index contributed by atoms with van der Waals surface area (Å²) in [6.45, 7) is 2.92. The summed E-state index contributed by atoms with van der Waals surface area (Å²) in [6.07, 6.45) is 12.2. The Morgan fingerprint density at radius 3 is 2.95 bits per heavy atom. The molecule has 2 N–H and O–H groups in total. The molecule has 1 saturated heterocycles. The van der Waals surface area contributed by atoms with Gasteiger partial charge < -0.3 is 10.6 Å². The maximum Gasteiger partial charge on any atom is 0.244 e. The lowest BCUT2D eigenvalue weighted by molar-refractivity contribution is -0.125. The number of aromatic nitrogens is 2. The smallest absolute Gasteiger partial charge is 0.244 e. The molecule has 2 unspecified atom stereocenters. The van der Waals surface area contributed by atoms with Crippen molar-refractivity contribution in [3.63, 3.8) is 0 Å². The van der Waals surface area contributed by atoms with Gasteiger partial charge in [-0.1, -0.05) is 19.3 Å². The molecule has 2 fully saturated rings. The minimum Gasteiger partial charge on any atom is -0.351 e. The monoisotopic (exact) mass is 290 g/mol. The highest BCUT2D eigenvalue weighted by Gasteiger charge is 2.37. The number of nitrogens with one attached hydrogen (secondary N) is 2. The van der Waals surface area contributed by atoms with E-state index < -0.39 is 0 Å². The van der Waals surface area contributed by atoms with Gasteiger partial charge in [0.25, 0.3) is 0 Å². The van der Waals surface area contributed by atoms with Gasteiger partial charge in [-0.25, -0.2) is 0 Å². The second kappa shape index (κ2) is 6.18. The summed E-state index contributed by atoms with van der Waals surface area (Å²) in [5, 5.41) is 11.1. The van der Waals surface area contributed by atoms with E-state index in [0.717, 1.165) is 19.4 Å². The summed E-state index contributed by atoms with van der Waals surface area (Å²) in [6, 6.07) is 1.91. The fourth-order valence-electron chi connectivity index (χ4n) is 3.84. The highest BCUT2D eigenvalue weighted by atomic mass is 16.2. The molecule has 2 heterocycles. The first-order chi connectivity index (χ1) is 10.2. The van der Waals surface area contributed by atoms with Gasteiger partial charge in [0.2, 0.25) is 5.91 Å². The summed E-state index contributed by atoms with van der Waals surface area (Å²) in [5.41, 5.74) is 0.281. The average Bonchev–Trinajstić information content (AvgIpc) is 3.01. The summed E-state index contributed by atoms with van der Waals surface area (Å²) >= 11 is 0. The van der Waals surface area contributed by atoms with Gasteiger partial charge in [-0.15, -0.1) is 0 Å². The number of piperidine rings is 1. The third-order valence-electron chi connectivity index (χ3n) is 5.09. The summed E-state index contributed by atoms with van der Waals surface area (Å²) in [5.74, 6) is 0.0801. The normalized spacial score (nSPS) is 26.4. The van der Waals surface area contributed by atoms with Crippen molar-refractivity contribution in [2.24, 2.45) is 0 Å². The van der Waals surface area contributed by atoms with E-state index >= 15 is 0 Å². The van der Waals surface area contributed by atoms with Gasteiger partial charge >= 0.3 is 0 Å². The van der Waals surface area contributed by atoms with Gasteiger partial charge in [0.1, 0.15) is 6.04 Å².